The lowest BCUT2D eigenvalue weighted by Crippen LogP contribution is -2.26. The third-order valence-corrected chi connectivity index (χ3v) is 3.91. The molecule has 22 heavy (non-hydrogen) atoms. The van der Waals surface area contributed by atoms with Gasteiger partial charge in [0.15, 0.2) is 0 Å². The van der Waals surface area contributed by atoms with Gasteiger partial charge >= 0.3 is 0 Å². The first kappa shape index (κ1) is 18.8. The van der Waals surface area contributed by atoms with Gasteiger partial charge in [-0.05, 0) is 37.6 Å². The number of carbonyl (C=O) groups is 1. The van der Waals surface area contributed by atoms with E-state index in [0.29, 0.717) is 29.6 Å². The number of hydrogen-bond acceptors (Lipinski definition) is 3. The summed E-state index contributed by atoms with van der Waals surface area (Å²) in [6.45, 7) is 11.2. The third-order valence-electron chi connectivity index (χ3n) is 3.69. The van der Waals surface area contributed by atoms with Gasteiger partial charge in [0.2, 0.25) is 0 Å². The monoisotopic (exact) mass is 326 g/mol. The molecular weight excluding hydrogens is 300 g/mol. The lowest BCUT2D eigenvalue weighted by atomic mass is 10.1. The number of rotatable bonds is 8. The Balaban J connectivity index is 2.91. The van der Waals surface area contributed by atoms with Crippen molar-refractivity contribution in [3.8, 4) is 5.75 Å². The third kappa shape index (κ3) is 5.50. The molecule has 1 aromatic carbocycles. The Bertz CT molecular complexity index is 500. The van der Waals surface area contributed by atoms with Gasteiger partial charge in [0.1, 0.15) is 5.75 Å². The number of carbonyl (C=O) groups excluding carboxylic acids is 1. The minimum Gasteiger partial charge on any atom is -0.507 e. The number of amides is 1. The molecule has 2 N–H and O–H groups in total. The van der Waals surface area contributed by atoms with Crippen LogP contribution in [0.5, 0.6) is 5.75 Å². The van der Waals surface area contributed by atoms with Gasteiger partial charge in [-0.3, -0.25) is 9.69 Å². The smallest absolute Gasteiger partial charge is 0.255 e. The van der Waals surface area contributed by atoms with Crippen LogP contribution in [0.25, 0.3) is 0 Å². The van der Waals surface area contributed by atoms with E-state index < -0.39 is 0 Å². The molecule has 0 aliphatic rings. The molecule has 1 rings (SSSR count). The van der Waals surface area contributed by atoms with Gasteiger partial charge in [-0.1, -0.05) is 39.3 Å². The summed E-state index contributed by atoms with van der Waals surface area (Å²) in [5.41, 5.74) is 0.934. The number of nitrogens with zero attached hydrogens (tertiary/aromatic N) is 1. The Kier molecular flexibility index (Phi) is 7.69. The highest BCUT2D eigenvalue weighted by molar-refractivity contribution is 6.31. The standard InChI is InChI=1S/C17H27ClN2O2/c1-5-20(6-2)11-13-9-14(18)10-15(16(13)21)17(22)19-8-7-12(3)4/h9-10,12,21H,5-8,11H2,1-4H3,(H,19,22). The average Bonchev–Trinajstić information content (AvgIpc) is 2.47. The lowest BCUT2D eigenvalue weighted by molar-refractivity contribution is 0.0949. The number of phenolic OH excluding ortho intramolecular Hbond substituents is 1. The Morgan fingerprint density at radius 1 is 1.32 bits per heavy atom. The van der Waals surface area contributed by atoms with Crippen LogP contribution in [0.4, 0.5) is 0 Å². The minimum absolute atomic E-state index is 0.0262. The van der Waals surface area contributed by atoms with Gasteiger partial charge < -0.3 is 10.4 Å². The molecule has 0 saturated heterocycles. The SMILES string of the molecule is CCN(CC)Cc1cc(Cl)cc(C(=O)NCCC(C)C)c1O. The van der Waals surface area contributed by atoms with Gasteiger partial charge in [0.25, 0.3) is 5.91 Å². The summed E-state index contributed by atoms with van der Waals surface area (Å²) in [5, 5.41) is 13.7. The van der Waals surface area contributed by atoms with Crippen LogP contribution in [0, 0.1) is 5.92 Å². The van der Waals surface area contributed by atoms with Crippen LogP contribution in [0.15, 0.2) is 12.1 Å². The van der Waals surface area contributed by atoms with Gasteiger partial charge in [0, 0.05) is 23.7 Å². The van der Waals surface area contributed by atoms with Gasteiger partial charge in [-0.25, -0.2) is 0 Å². The highest BCUT2D eigenvalue weighted by Crippen LogP contribution is 2.28. The van der Waals surface area contributed by atoms with E-state index in [1.165, 1.54) is 6.07 Å². The normalized spacial score (nSPS) is 11.2. The average molecular weight is 327 g/mol. The van der Waals surface area contributed by atoms with Crippen LogP contribution in [0.1, 0.15) is 50.0 Å². The van der Waals surface area contributed by atoms with Crippen molar-refractivity contribution < 1.29 is 9.90 Å². The molecule has 0 spiro atoms. The van der Waals surface area contributed by atoms with Crippen LogP contribution in [0.3, 0.4) is 0 Å². The Morgan fingerprint density at radius 2 is 1.95 bits per heavy atom. The largest absolute Gasteiger partial charge is 0.507 e. The van der Waals surface area contributed by atoms with E-state index in [-0.39, 0.29) is 17.2 Å². The first-order valence-electron chi connectivity index (χ1n) is 7.90. The summed E-state index contributed by atoms with van der Waals surface area (Å²) in [6.07, 6.45) is 0.902. The van der Waals surface area contributed by atoms with Crippen LogP contribution < -0.4 is 5.32 Å². The van der Waals surface area contributed by atoms with E-state index in [9.17, 15) is 9.90 Å². The van der Waals surface area contributed by atoms with Crippen molar-refractivity contribution in [3.05, 3.63) is 28.3 Å². The van der Waals surface area contributed by atoms with Crippen LogP contribution in [-0.4, -0.2) is 35.5 Å². The topological polar surface area (TPSA) is 52.6 Å². The molecular formula is C17H27ClN2O2. The van der Waals surface area contributed by atoms with Crippen molar-refractivity contribution in [1.29, 1.82) is 0 Å². The fourth-order valence-electron chi connectivity index (χ4n) is 2.21. The second-order valence-corrected chi connectivity index (χ2v) is 6.30. The van der Waals surface area contributed by atoms with Crippen molar-refractivity contribution >= 4 is 17.5 Å². The number of phenols is 1. The summed E-state index contributed by atoms with van der Waals surface area (Å²) >= 11 is 6.11. The van der Waals surface area contributed by atoms with Gasteiger partial charge in [-0.2, -0.15) is 0 Å². The van der Waals surface area contributed by atoms with Crippen molar-refractivity contribution in [1.82, 2.24) is 10.2 Å². The minimum atomic E-state index is -0.276. The van der Waals surface area contributed by atoms with E-state index in [0.717, 1.165) is 19.5 Å². The maximum Gasteiger partial charge on any atom is 0.255 e. The second-order valence-electron chi connectivity index (χ2n) is 5.86. The zero-order chi connectivity index (χ0) is 16.7. The number of nitrogens with one attached hydrogen (secondary N) is 1. The quantitative estimate of drug-likeness (QED) is 0.766. The zero-order valence-corrected chi connectivity index (χ0v) is 14.7. The Hall–Kier alpha value is -1.26. The molecule has 124 valence electrons. The predicted octanol–water partition coefficient (Wildman–Crippen LogP) is 3.66. The molecule has 0 aliphatic heterocycles. The van der Waals surface area contributed by atoms with Crippen molar-refractivity contribution in [3.63, 3.8) is 0 Å². The number of benzene rings is 1. The summed E-state index contributed by atoms with van der Waals surface area (Å²) in [7, 11) is 0. The van der Waals surface area contributed by atoms with Crippen molar-refractivity contribution in [2.45, 2.75) is 40.7 Å². The molecule has 4 nitrogen and oxygen atoms in total. The zero-order valence-electron chi connectivity index (χ0n) is 13.9. The highest BCUT2D eigenvalue weighted by atomic mass is 35.5. The van der Waals surface area contributed by atoms with Crippen molar-refractivity contribution in [2.24, 2.45) is 5.92 Å². The fraction of sp³-hybridized carbons (Fsp3) is 0.588. The molecule has 1 aromatic rings. The molecule has 5 heteroatoms. The predicted molar refractivity (Wildman–Crippen MR) is 91.5 cm³/mol. The van der Waals surface area contributed by atoms with Gasteiger partial charge in [0.05, 0.1) is 5.56 Å². The fourth-order valence-corrected chi connectivity index (χ4v) is 2.45. The van der Waals surface area contributed by atoms with Crippen LogP contribution >= 0.6 is 11.6 Å². The van der Waals surface area contributed by atoms with Crippen LogP contribution in [0.2, 0.25) is 5.02 Å². The van der Waals surface area contributed by atoms with Crippen LogP contribution in [-0.2, 0) is 6.54 Å². The Morgan fingerprint density at radius 3 is 2.50 bits per heavy atom. The summed E-state index contributed by atoms with van der Waals surface area (Å²) < 4.78 is 0. The highest BCUT2D eigenvalue weighted by Gasteiger charge is 2.17. The van der Waals surface area contributed by atoms with E-state index >= 15 is 0 Å². The van der Waals surface area contributed by atoms with E-state index in [1.54, 1.807) is 6.07 Å². The molecule has 0 unspecified atom stereocenters. The first-order chi connectivity index (χ1) is 10.4. The molecule has 0 aliphatic carbocycles. The number of halogens is 1. The molecule has 0 aromatic heterocycles. The molecule has 0 radical (unpaired) electrons. The summed E-state index contributed by atoms with van der Waals surface area (Å²) in [4.78, 5) is 14.4. The van der Waals surface area contributed by atoms with Gasteiger partial charge in [-0.15, -0.1) is 0 Å². The molecule has 0 fully saturated rings. The molecule has 0 heterocycles. The second kappa shape index (κ2) is 9.01. The van der Waals surface area contributed by atoms with E-state index in [1.807, 2.05) is 0 Å². The summed E-state index contributed by atoms with van der Waals surface area (Å²) in [5.74, 6) is 0.270. The maximum absolute atomic E-state index is 12.2. The number of aromatic hydroxyl groups is 1. The van der Waals surface area contributed by atoms with E-state index in [2.05, 4.69) is 37.9 Å². The maximum atomic E-state index is 12.2. The lowest BCUT2D eigenvalue weighted by Gasteiger charge is -2.20. The summed E-state index contributed by atoms with van der Waals surface area (Å²) in [6, 6.07) is 3.24. The molecule has 0 saturated carbocycles. The number of hydrogen-bond donors (Lipinski definition) is 2. The molecule has 0 bridgehead atoms. The first-order valence-corrected chi connectivity index (χ1v) is 8.28. The van der Waals surface area contributed by atoms with Crippen molar-refractivity contribution in [2.75, 3.05) is 19.6 Å². The Labute approximate surface area is 138 Å². The molecule has 0 atom stereocenters. The molecule has 1 amide bonds. The van der Waals surface area contributed by atoms with E-state index in [4.69, 9.17) is 11.6 Å².